The molecule has 7 nitrogen and oxygen atoms in total. The molecule has 0 saturated heterocycles. The van der Waals surface area contributed by atoms with Gasteiger partial charge in [0.1, 0.15) is 17.6 Å². The van der Waals surface area contributed by atoms with Crippen LogP contribution in [0.5, 0.6) is 5.75 Å². The van der Waals surface area contributed by atoms with Crippen LogP contribution in [0.4, 0.5) is 15.9 Å². The maximum atomic E-state index is 13.9. The minimum Gasteiger partial charge on any atom is -0.485 e. The second kappa shape index (κ2) is 8.16. The number of rotatable bonds is 2. The Morgan fingerprint density at radius 1 is 1.37 bits per heavy atom. The van der Waals surface area contributed by atoms with E-state index >= 15 is 0 Å². The third kappa shape index (κ3) is 3.99. The number of hydrogen-bond acceptors (Lipinski definition) is 6. The number of pyridine rings is 1. The van der Waals surface area contributed by atoms with Crippen molar-refractivity contribution >= 4 is 28.3 Å². The highest BCUT2D eigenvalue weighted by molar-refractivity contribution is 6.67. The molecule has 0 saturated carbocycles. The van der Waals surface area contributed by atoms with Crippen LogP contribution in [0.25, 0.3) is 11.3 Å². The highest BCUT2D eigenvalue weighted by Gasteiger charge is 2.18. The summed E-state index contributed by atoms with van der Waals surface area (Å²) in [6, 6.07) is 6.19. The summed E-state index contributed by atoms with van der Waals surface area (Å²) >= 11 is 5.86. The van der Waals surface area contributed by atoms with Crippen LogP contribution in [0.1, 0.15) is 18.1 Å². The largest absolute Gasteiger partial charge is 0.485 e. The van der Waals surface area contributed by atoms with E-state index in [9.17, 15) is 4.39 Å². The predicted molar refractivity (Wildman–Crippen MR) is 115 cm³/mol. The van der Waals surface area contributed by atoms with Crippen molar-refractivity contribution in [2.24, 2.45) is 0 Å². The van der Waals surface area contributed by atoms with Gasteiger partial charge in [-0.2, -0.15) is 5.10 Å². The highest BCUT2D eigenvalue weighted by Crippen LogP contribution is 2.33. The van der Waals surface area contributed by atoms with Crippen LogP contribution in [0.2, 0.25) is 0 Å². The number of aryl methyl sites for hydroxylation is 1. The predicted octanol–water partition coefficient (Wildman–Crippen LogP) is 4.33. The number of anilines is 2. The molecule has 0 fully saturated rings. The molecule has 1 aliphatic rings. The fourth-order valence-corrected chi connectivity index (χ4v) is 3.58. The lowest BCUT2D eigenvalue weighted by molar-refractivity contribution is 0.307. The lowest BCUT2D eigenvalue weighted by Crippen LogP contribution is -2.11. The number of ether oxygens (including phenoxy) is 1. The van der Waals surface area contributed by atoms with E-state index in [2.05, 4.69) is 15.4 Å². The van der Waals surface area contributed by atoms with Gasteiger partial charge < -0.3 is 15.8 Å². The van der Waals surface area contributed by atoms with Crippen molar-refractivity contribution in [3.05, 3.63) is 65.4 Å². The lowest BCUT2D eigenvalue weighted by atomic mass is 10.0. The van der Waals surface area contributed by atoms with E-state index in [1.807, 2.05) is 17.7 Å². The van der Waals surface area contributed by atoms with Crippen LogP contribution < -0.4 is 15.8 Å². The van der Waals surface area contributed by atoms with Crippen molar-refractivity contribution in [3.63, 3.8) is 0 Å². The molecule has 4 rings (SSSR count). The quantitative estimate of drug-likeness (QED) is 0.529. The molecule has 2 aromatic heterocycles. The summed E-state index contributed by atoms with van der Waals surface area (Å²) in [4.78, 5) is 4.28. The second-order valence-electron chi connectivity index (χ2n) is 6.85. The van der Waals surface area contributed by atoms with Crippen molar-refractivity contribution in [2.75, 3.05) is 11.1 Å². The number of hydrogen-bond donors (Lipinski definition) is 3. The molecule has 0 amide bonds. The summed E-state index contributed by atoms with van der Waals surface area (Å²) in [7, 11) is 0. The van der Waals surface area contributed by atoms with Gasteiger partial charge in [0.25, 0.3) is 0 Å². The van der Waals surface area contributed by atoms with Crippen molar-refractivity contribution in [2.45, 2.75) is 26.5 Å². The summed E-state index contributed by atoms with van der Waals surface area (Å²) in [5, 5.41) is 15.3. The number of fused-ring (bicyclic) bond motifs is 5. The molecule has 1 aromatic carbocycles. The SMILES string of the molecule is CCn1ncc2c1-c1cnc(N)c(c1)OCc1cc(F)ccc1N/C(=C\C(=N)Cl)C2. The Morgan fingerprint density at radius 3 is 2.97 bits per heavy atom. The Kier molecular flexibility index (Phi) is 5.41. The van der Waals surface area contributed by atoms with Crippen LogP contribution in [0.3, 0.4) is 0 Å². The zero-order valence-electron chi connectivity index (χ0n) is 16.2. The van der Waals surface area contributed by atoms with E-state index in [1.54, 1.807) is 18.5 Å². The molecule has 2 bridgehead atoms. The Morgan fingerprint density at radius 2 is 2.20 bits per heavy atom. The van der Waals surface area contributed by atoms with Crippen LogP contribution in [-0.4, -0.2) is 19.9 Å². The van der Waals surface area contributed by atoms with Gasteiger partial charge in [-0.1, -0.05) is 11.6 Å². The topological polar surface area (TPSA) is 102 Å². The van der Waals surface area contributed by atoms with E-state index in [0.29, 0.717) is 35.7 Å². The van der Waals surface area contributed by atoms with Gasteiger partial charge in [-0.3, -0.25) is 10.1 Å². The summed E-state index contributed by atoms with van der Waals surface area (Å²) in [6.45, 7) is 2.75. The van der Waals surface area contributed by atoms with Crippen molar-refractivity contribution in [1.29, 1.82) is 5.41 Å². The minimum atomic E-state index is -0.381. The van der Waals surface area contributed by atoms with Gasteiger partial charge in [0.05, 0.1) is 11.9 Å². The number of benzene rings is 1. The van der Waals surface area contributed by atoms with Crippen LogP contribution in [0, 0.1) is 11.2 Å². The summed E-state index contributed by atoms with van der Waals surface area (Å²) in [5.74, 6) is 0.284. The molecule has 9 heteroatoms. The van der Waals surface area contributed by atoms with Gasteiger partial charge in [-0.05, 0) is 37.3 Å². The standard InChI is InChI=1S/C21H20ClFN6O/c1-2-29-20-12(10-27-29)6-16(8-19(22)24)28-17-4-3-15(23)5-14(17)11-30-18-7-13(20)9-26-21(18)25/h3-5,7-10,24,28H,2,6,11H2,1H3,(H2,25,26)/b16-8-,24-19?. The van der Waals surface area contributed by atoms with Crippen molar-refractivity contribution in [1.82, 2.24) is 14.8 Å². The van der Waals surface area contributed by atoms with Crippen molar-refractivity contribution in [3.8, 4) is 17.0 Å². The first-order chi connectivity index (χ1) is 14.4. The Hall–Kier alpha value is -3.39. The van der Waals surface area contributed by atoms with E-state index in [4.69, 9.17) is 27.5 Å². The smallest absolute Gasteiger partial charge is 0.166 e. The number of halogens is 2. The molecule has 0 unspecified atom stereocenters. The molecule has 4 N–H and O–H groups in total. The first-order valence-corrected chi connectivity index (χ1v) is 9.76. The monoisotopic (exact) mass is 426 g/mol. The van der Waals surface area contributed by atoms with Crippen LogP contribution >= 0.6 is 11.6 Å². The number of nitrogens with one attached hydrogen (secondary N) is 2. The zero-order valence-corrected chi connectivity index (χ0v) is 17.0. The molecular weight excluding hydrogens is 407 g/mol. The molecule has 154 valence electrons. The number of nitrogens with zero attached hydrogens (tertiary/aromatic N) is 3. The number of nitrogen functional groups attached to an aromatic ring is 1. The van der Waals surface area contributed by atoms with Gasteiger partial charge in [0.15, 0.2) is 11.6 Å². The van der Waals surface area contributed by atoms with Crippen molar-refractivity contribution < 1.29 is 9.13 Å². The Balaban J connectivity index is 1.91. The number of aromatic nitrogens is 3. The molecule has 3 aromatic rings. The Bertz CT molecular complexity index is 1160. The average Bonchev–Trinajstić information content (AvgIpc) is 3.10. The first-order valence-electron chi connectivity index (χ1n) is 9.38. The van der Waals surface area contributed by atoms with Gasteiger partial charge in [-0.15, -0.1) is 0 Å². The van der Waals surface area contributed by atoms with E-state index in [0.717, 1.165) is 16.8 Å². The minimum absolute atomic E-state index is 0.0843. The summed E-state index contributed by atoms with van der Waals surface area (Å²) < 4.78 is 21.7. The first kappa shape index (κ1) is 19.9. The van der Waals surface area contributed by atoms with E-state index < -0.39 is 0 Å². The van der Waals surface area contributed by atoms with Gasteiger partial charge >= 0.3 is 0 Å². The molecule has 1 aliphatic heterocycles. The molecule has 0 aliphatic carbocycles. The third-order valence-corrected chi connectivity index (χ3v) is 4.91. The molecule has 0 atom stereocenters. The number of allylic oxidation sites excluding steroid dienone is 2. The third-order valence-electron chi connectivity index (χ3n) is 4.80. The molecule has 0 radical (unpaired) electrons. The van der Waals surface area contributed by atoms with Crippen LogP contribution in [-0.2, 0) is 19.6 Å². The fraction of sp³-hybridized carbons (Fsp3) is 0.190. The van der Waals surface area contributed by atoms with Gasteiger partial charge in [-0.25, -0.2) is 9.37 Å². The maximum Gasteiger partial charge on any atom is 0.166 e. The maximum absolute atomic E-state index is 13.9. The van der Waals surface area contributed by atoms with E-state index in [1.165, 1.54) is 18.2 Å². The van der Waals surface area contributed by atoms with Gasteiger partial charge in [0, 0.05) is 47.2 Å². The number of nitrogens with two attached hydrogens (primary N) is 1. The molecule has 30 heavy (non-hydrogen) atoms. The summed E-state index contributed by atoms with van der Waals surface area (Å²) in [6.07, 6.45) is 5.41. The fourth-order valence-electron chi connectivity index (χ4n) is 3.45. The van der Waals surface area contributed by atoms with Gasteiger partial charge in [0.2, 0.25) is 0 Å². The normalized spacial score (nSPS) is 14.6. The summed E-state index contributed by atoms with van der Waals surface area (Å²) in [5.41, 5.74) is 10.5. The average molecular weight is 427 g/mol. The highest BCUT2D eigenvalue weighted by atomic mass is 35.5. The Labute approximate surface area is 177 Å². The second-order valence-corrected chi connectivity index (χ2v) is 7.26. The van der Waals surface area contributed by atoms with E-state index in [-0.39, 0.29) is 23.4 Å². The molecule has 0 spiro atoms. The zero-order chi connectivity index (χ0) is 21.3. The molecule has 3 heterocycles. The lowest BCUT2D eigenvalue weighted by Gasteiger charge is -2.18. The van der Waals surface area contributed by atoms with Crippen LogP contribution in [0.15, 0.2) is 48.4 Å². The molecular formula is C21H20ClFN6O.